The van der Waals surface area contributed by atoms with E-state index < -0.39 is 0 Å². The van der Waals surface area contributed by atoms with Crippen LogP contribution in [0.2, 0.25) is 0 Å². The van der Waals surface area contributed by atoms with Crippen LogP contribution in [-0.4, -0.2) is 19.7 Å². The first-order chi connectivity index (χ1) is 14.7. The van der Waals surface area contributed by atoms with Crippen LogP contribution in [0.15, 0.2) is 40.6 Å². The van der Waals surface area contributed by atoms with E-state index >= 15 is 0 Å². The Balaban J connectivity index is 1.94. The number of hydrogen-bond donors (Lipinski definition) is 1. The number of pyridine rings is 1. The summed E-state index contributed by atoms with van der Waals surface area (Å²) in [5, 5.41) is 14.2. The summed E-state index contributed by atoms with van der Waals surface area (Å²) in [4.78, 5) is 12.7. The van der Waals surface area contributed by atoms with Gasteiger partial charge in [0.05, 0.1) is 22.5 Å². The number of anilines is 1. The largest absolute Gasteiger partial charge is 0.382 e. The van der Waals surface area contributed by atoms with Crippen LogP contribution in [0.5, 0.6) is 0 Å². The summed E-state index contributed by atoms with van der Waals surface area (Å²) in [6, 6.07) is 9.75. The van der Waals surface area contributed by atoms with Crippen molar-refractivity contribution in [1.29, 1.82) is 0 Å². The van der Waals surface area contributed by atoms with Crippen molar-refractivity contribution >= 4 is 44.6 Å². The Hall–Kier alpha value is -3.64. The topological polar surface area (TPSA) is 98.7 Å². The number of benzene rings is 1. The average molecular weight is 431 g/mol. The number of para-hydroxylation sites is 1. The third-order valence-electron chi connectivity index (χ3n) is 4.71. The maximum atomic E-state index is 7.80. The smallest absolute Gasteiger partial charge is 0.255 e. The highest BCUT2D eigenvalue weighted by atomic mass is 32.1. The number of fused-ring (bicyclic) bond motifs is 1. The van der Waals surface area contributed by atoms with Crippen LogP contribution in [0.1, 0.15) is 37.7 Å². The summed E-state index contributed by atoms with van der Waals surface area (Å²) in [6.07, 6.45) is 0. The molecule has 0 saturated heterocycles. The third-order valence-corrected chi connectivity index (χ3v) is 5.72. The minimum Gasteiger partial charge on any atom is -0.382 e. The number of rotatable bonds is 3. The van der Waals surface area contributed by atoms with Gasteiger partial charge in [-0.3, -0.25) is 0 Å². The zero-order valence-corrected chi connectivity index (χ0v) is 18.8. The molecule has 0 spiro atoms. The standard InChI is InChI=1S/C22H22N8S/c1-12-11-13(2)25-19(23)16(12)27-28-20-17(24-6)18(22(3,4)5)29-30(20)21-26-14-9-7-8-10-15(14)31-21/h7-11H,1-5H3,(H2,23,25). The molecule has 2 N–H and O–H groups in total. The van der Waals surface area contributed by atoms with Crippen molar-refractivity contribution in [3.05, 3.63) is 58.7 Å². The maximum absolute atomic E-state index is 7.80. The second-order valence-electron chi connectivity index (χ2n) is 8.27. The summed E-state index contributed by atoms with van der Waals surface area (Å²) in [7, 11) is 0. The molecule has 31 heavy (non-hydrogen) atoms. The van der Waals surface area contributed by atoms with Gasteiger partial charge in [0.15, 0.2) is 11.6 Å². The fourth-order valence-electron chi connectivity index (χ4n) is 3.27. The van der Waals surface area contributed by atoms with Crippen LogP contribution >= 0.6 is 11.3 Å². The van der Waals surface area contributed by atoms with E-state index in [9.17, 15) is 0 Å². The fraction of sp³-hybridized carbons (Fsp3) is 0.273. The Morgan fingerprint density at radius 2 is 1.87 bits per heavy atom. The van der Waals surface area contributed by atoms with Crippen LogP contribution < -0.4 is 5.73 Å². The molecule has 0 bridgehead atoms. The number of aromatic nitrogens is 4. The number of aryl methyl sites for hydroxylation is 2. The molecule has 0 radical (unpaired) electrons. The van der Waals surface area contributed by atoms with Crippen molar-refractivity contribution in [2.24, 2.45) is 10.2 Å². The minimum absolute atomic E-state index is 0.299. The zero-order chi connectivity index (χ0) is 22.3. The van der Waals surface area contributed by atoms with E-state index in [-0.39, 0.29) is 5.41 Å². The number of azo groups is 1. The van der Waals surface area contributed by atoms with Gasteiger partial charge in [0.2, 0.25) is 5.13 Å². The normalized spacial score (nSPS) is 12.0. The highest BCUT2D eigenvalue weighted by molar-refractivity contribution is 7.20. The first kappa shape index (κ1) is 20.6. The Bertz CT molecular complexity index is 1310. The van der Waals surface area contributed by atoms with Gasteiger partial charge in [0, 0.05) is 5.69 Å². The second kappa shape index (κ2) is 7.56. The summed E-state index contributed by atoms with van der Waals surface area (Å²) >= 11 is 1.49. The van der Waals surface area contributed by atoms with E-state index in [2.05, 4.69) is 20.1 Å². The molecular weight excluding hydrogens is 408 g/mol. The molecule has 0 fully saturated rings. The number of hydrogen-bond acceptors (Lipinski definition) is 7. The monoisotopic (exact) mass is 430 g/mol. The van der Waals surface area contributed by atoms with Crippen LogP contribution in [0.25, 0.3) is 20.2 Å². The highest BCUT2D eigenvalue weighted by Crippen LogP contribution is 2.42. The van der Waals surface area contributed by atoms with Gasteiger partial charge in [0.25, 0.3) is 5.69 Å². The number of nitrogens with two attached hydrogens (primary N) is 1. The Labute approximate surface area is 184 Å². The van der Waals surface area contributed by atoms with Crippen molar-refractivity contribution in [2.45, 2.75) is 40.0 Å². The van der Waals surface area contributed by atoms with E-state index in [1.54, 1.807) is 4.68 Å². The second-order valence-corrected chi connectivity index (χ2v) is 9.28. The van der Waals surface area contributed by atoms with E-state index in [4.69, 9.17) is 22.4 Å². The molecule has 0 aliphatic carbocycles. The van der Waals surface area contributed by atoms with Gasteiger partial charge in [-0.1, -0.05) is 44.2 Å². The molecule has 0 atom stereocenters. The first-order valence-electron chi connectivity index (χ1n) is 9.71. The SMILES string of the molecule is [C-]#[N+]c1c(C(C)(C)C)nn(-c2nc3ccccc3s2)c1N=Nc1c(C)cc(C)nc1N. The van der Waals surface area contributed by atoms with Crippen LogP contribution in [0, 0.1) is 20.4 Å². The van der Waals surface area contributed by atoms with Crippen molar-refractivity contribution in [3.8, 4) is 5.13 Å². The molecule has 0 unspecified atom stereocenters. The summed E-state index contributed by atoms with van der Waals surface area (Å²) in [5.41, 5.74) is 9.73. The summed E-state index contributed by atoms with van der Waals surface area (Å²) in [6.45, 7) is 17.6. The molecule has 0 aliphatic rings. The number of thiazole rings is 1. The van der Waals surface area contributed by atoms with Gasteiger partial charge in [-0.2, -0.15) is 9.78 Å². The van der Waals surface area contributed by atoms with Gasteiger partial charge >= 0.3 is 0 Å². The van der Waals surface area contributed by atoms with E-state index in [1.165, 1.54) is 11.3 Å². The molecule has 9 heteroatoms. The Kier molecular flexibility index (Phi) is 5.03. The lowest BCUT2D eigenvalue weighted by molar-refractivity contribution is 0.562. The predicted octanol–water partition coefficient (Wildman–Crippen LogP) is 6.34. The molecule has 0 aliphatic heterocycles. The molecule has 1 aromatic carbocycles. The molecule has 3 heterocycles. The van der Waals surface area contributed by atoms with Gasteiger partial charge in [-0.15, -0.1) is 10.2 Å². The highest BCUT2D eigenvalue weighted by Gasteiger charge is 2.29. The Morgan fingerprint density at radius 3 is 2.52 bits per heavy atom. The average Bonchev–Trinajstić information content (AvgIpc) is 3.27. The summed E-state index contributed by atoms with van der Waals surface area (Å²) in [5.74, 6) is 0.631. The van der Waals surface area contributed by atoms with Gasteiger partial charge < -0.3 is 5.73 Å². The lowest BCUT2D eigenvalue weighted by Crippen LogP contribution is -2.12. The molecule has 0 amide bonds. The fourth-order valence-corrected chi connectivity index (χ4v) is 4.19. The van der Waals surface area contributed by atoms with Gasteiger partial charge in [-0.05, 0) is 43.0 Å². The molecule has 8 nitrogen and oxygen atoms in total. The molecule has 156 valence electrons. The molecule has 4 rings (SSSR count). The quantitative estimate of drug-likeness (QED) is 0.303. The van der Waals surface area contributed by atoms with Crippen molar-refractivity contribution in [1.82, 2.24) is 19.7 Å². The van der Waals surface area contributed by atoms with Gasteiger partial charge in [-0.25, -0.2) is 14.8 Å². The van der Waals surface area contributed by atoms with Gasteiger partial charge in [0.1, 0.15) is 5.69 Å². The van der Waals surface area contributed by atoms with Crippen molar-refractivity contribution < 1.29 is 0 Å². The Morgan fingerprint density at radius 1 is 1.13 bits per heavy atom. The molecule has 4 aromatic rings. The van der Waals surface area contributed by atoms with E-state index in [0.717, 1.165) is 21.5 Å². The lowest BCUT2D eigenvalue weighted by Gasteiger charge is -2.15. The number of nitrogen functional groups attached to an aromatic ring is 1. The molecule has 3 aromatic heterocycles. The van der Waals surface area contributed by atoms with Crippen LogP contribution in [-0.2, 0) is 5.41 Å². The lowest BCUT2D eigenvalue weighted by atomic mass is 9.91. The maximum Gasteiger partial charge on any atom is 0.255 e. The summed E-state index contributed by atoms with van der Waals surface area (Å²) < 4.78 is 2.63. The van der Waals surface area contributed by atoms with Crippen molar-refractivity contribution in [2.75, 3.05) is 5.73 Å². The van der Waals surface area contributed by atoms with E-state index in [1.807, 2.05) is 65.0 Å². The van der Waals surface area contributed by atoms with E-state index in [0.29, 0.717) is 33.8 Å². The first-order valence-corrected chi connectivity index (χ1v) is 10.5. The van der Waals surface area contributed by atoms with Crippen LogP contribution in [0.4, 0.5) is 23.0 Å². The van der Waals surface area contributed by atoms with Crippen LogP contribution in [0.3, 0.4) is 0 Å². The number of nitrogens with zero attached hydrogens (tertiary/aromatic N) is 7. The van der Waals surface area contributed by atoms with Crippen molar-refractivity contribution in [3.63, 3.8) is 0 Å². The molecule has 0 saturated carbocycles. The third kappa shape index (κ3) is 3.78. The predicted molar refractivity (Wildman–Crippen MR) is 124 cm³/mol. The minimum atomic E-state index is -0.355. The molecular formula is C22H22N8S. The zero-order valence-electron chi connectivity index (χ0n) is 18.0.